The summed E-state index contributed by atoms with van der Waals surface area (Å²) in [4.78, 5) is 12.3. The number of anilines is 1. The summed E-state index contributed by atoms with van der Waals surface area (Å²) in [7, 11) is 1.72. The van der Waals surface area contributed by atoms with Crippen LogP contribution in [0.4, 0.5) is 5.69 Å². The SMILES string of the molecule is CCCNc1ccccc1C(=O)NCC1(OC)CCC1. The van der Waals surface area contributed by atoms with Crippen LogP contribution >= 0.6 is 0 Å². The summed E-state index contributed by atoms with van der Waals surface area (Å²) < 4.78 is 5.52. The maximum absolute atomic E-state index is 12.3. The number of methoxy groups -OCH3 is 1. The molecule has 1 aromatic carbocycles. The molecule has 1 aromatic rings. The van der Waals surface area contributed by atoms with E-state index in [1.807, 2.05) is 24.3 Å². The van der Waals surface area contributed by atoms with Crippen molar-refractivity contribution in [2.75, 3.05) is 25.5 Å². The van der Waals surface area contributed by atoms with Crippen molar-refractivity contribution in [3.8, 4) is 0 Å². The number of hydrogen-bond acceptors (Lipinski definition) is 3. The van der Waals surface area contributed by atoms with E-state index in [0.717, 1.165) is 31.5 Å². The number of rotatable bonds is 7. The standard InChI is InChI=1S/C16H24N2O2/c1-3-11-17-14-8-5-4-7-13(14)15(19)18-12-16(20-2)9-6-10-16/h4-5,7-8,17H,3,6,9-12H2,1-2H3,(H,18,19). The Morgan fingerprint density at radius 2 is 2.10 bits per heavy atom. The molecule has 4 nitrogen and oxygen atoms in total. The van der Waals surface area contributed by atoms with E-state index in [0.29, 0.717) is 12.1 Å². The van der Waals surface area contributed by atoms with Crippen LogP contribution in [0.5, 0.6) is 0 Å². The average Bonchev–Trinajstić information content (AvgIpc) is 2.44. The van der Waals surface area contributed by atoms with Crippen LogP contribution in [0.1, 0.15) is 43.0 Å². The van der Waals surface area contributed by atoms with E-state index in [4.69, 9.17) is 4.74 Å². The second kappa shape index (κ2) is 6.75. The quantitative estimate of drug-likeness (QED) is 0.805. The van der Waals surface area contributed by atoms with Gasteiger partial charge in [-0.1, -0.05) is 19.1 Å². The van der Waals surface area contributed by atoms with E-state index >= 15 is 0 Å². The number of hydrogen-bond donors (Lipinski definition) is 2. The maximum Gasteiger partial charge on any atom is 0.253 e. The minimum atomic E-state index is -0.137. The van der Waals surface area contributed by atoms with Gasteiger partial charge in [-0.05, 0) is 37.8 Å². The van der Waals surface area contributed by atoms with Crippen molar-refractivity contribution in [2.45, 2.75) is 38.2 Å². The summed E-state index contributed by atoms with van der Waals surface area (Å²) in [6, 6.07) is 7.63. The first kappa shape index (κ1) is 14.9. The molecule has 20 heavy (non-hydrogen) atoms. The fourth-order valence-corrected chi connectivity index (χ4v) is 2.46. The van der Waals surface area contributed by atoms with Crippen LogP contribution in [0.3, 0.4) is 0 Å². The van der Waals surface area contributed by atoms with Crippen molar-refractivity contribution in [1.82, 2.24) is 5.32 Å². The first-order valence-electron chi connectivity index (χ1n) is 7.37. The number of benzene rings is 1. The molecular formula is C16H24N2O2. The summed E-state index contributed by atoms with van der Waals surface area (Å²) in [5.41, 5.74) is 1.46. The lowest BCUT2D eigenvalue weighted by molar-refractivity contribution is -0.0679. The van der Waals surface area contributed by atoms with Crippen molar-refractivity contribution >= 4 is 11.6 Å². The Hall–Kier alpha value is -1.55. The lowest BCUT2D eigenvalue weighted by Gasteiger charge is -2.40. The van der Waals surface area contributed by atoms with Gasteiger partial charge in [0.05, 0.1) is 11.2 Å². The predicted octanol–water partition coefficient (Wildman–Crippen LogP) is 2.81. The van der Waals surface area contributed by atoms with E-state index in [9.17, 15) is 4.79 Å². The lowest BCUT2D eigenvalue weighted by Crippen LogP contribution is -2.49. The Morgan fingerprint density at radius 1 is 1.35 bits per heavy atom. The van der Waals surface area contributed by atoms with Crippen molar-refractivity contribution < 1.29 is 9.53 Å². The molecule has 0 saturated heterocycles. The van der Waals surface area contributed by atoms with Crippen LogP contribution in [-0.4, -0.2) is 31.7 Å². The average molecular weight is 276 g/mol. The van der Waals surface area contributed by atoms with Gasteiger partial charge in [0, 0.05) is 25.9 Å². The second-order valence-electron chi connectivity index (χ2n) is 5.40. The molecule has 0 aromatic heterocycles. The zero-order valence-corrected chi connectivity index (χ0v) is 12.4. The molecule has 0 spiro atoms. The minimum Gasteiger partial charge on any atom is -0.384 e. The summed E-state index contributed by atoms with van der Waals surface area (Å²) >= 11 is 0. The van der Waals surface area contributed by atoms with Gasteiger partial charge in [0.15, 0.2) is 0 Å². The molecule has 0 heterocycles. The molecule has 1 fully saturated rings. The zero-order valence-electron chi connectivity index (χ0n) is 12.4. The van der Waals surface area contributed by atoms with Gasteiger partial charge in [0.2, 0.25) is 0 Å². The molecule has 0 bridgehead atoms. The van der Waals surface area contributed by atoms with Gasteiger partial charge in [0.1, 0.15) is 0 Å². The fraction of sp³-hybridized carbons (Fsp3) is 0.562. The second-order valence-corrected chi connectivity index (χ2v) is 5.40. The molecule has 0 aliphatic heterocycles. The highest BCUT2D eigenvalue weighted by Gasteiger charge is 2.37. The van der Waals surface area contributed by atoms with Gasteiger partial charge < -0.3 is 15.4 Å². The Bertz CT molecular complexity index is 450. The number of carbonyl (C=O) groups excluding carboxylic acids is 1. The largest absolute Gasteiger partial charge is 0.384 e. The Balaban J connectivity index is 1.98. The van der Waals surface area contributed by atoms with E-state index in [2.05, 4.69) is 17.6 Å². The van der Waals surface area contributed by atoms with Crippen molar-refractivity contribution in [3.63, 3.8) is 0 Å². The molecule has 110 valence electrons. The highest BCUT2D eigenvalue weighted by molar-refractivity contribution is 5.99. The highest BCUT2D eigenvalue weighted by atomic mass is 16.5. The van der Waals surface area contributed by atoms with E-state index < -0.39 is 0 Å². The summed E-state index contributed by atoms with van der Waals surface area (Å²) in [6.45, 7) is 3.56. The van der Waals surface area contributed by atoms with Crippen LogP contribution in [0.25, 0.3) is 0 Å². The van der Waals surface area contributed by atoms with Crippen LogP contribution in [0.2, 0.25) is 0 Å². The van der Waals surface area contributed by atoms with Crippen LogP contribution < -0.4 is 10.6 Å². The van der Waals surface area contributed by atoms with Gasteiger partial charge in [0.25, 0.3) is 5.91 Å². The van der Waals surface area contributed by atoms with Crippen LogP contribution in [0.15, 0.2) is 24.3 Å². The normalized spacial score (nSPS) is 16.3. The summed E-state index contributed by atoms with van der Waals surface area (Å²) in [6.07, 6.45) is 4.26. The van der Waals surface area contributed by atoms with E-state index in [1.165, 1.54) is 6.42 Å². The maximum atomic E-state index is 12.3. The molecular weight excluding hydrogens is 252 g/mol. The smallest absolute Gasteiger partial charge is 0.253 e. The third-order valence-corrected chi connectivity index (χ3v) is 4.01. The molecule has 1 amide bonds. The van der Waals surface area contributed by atoms with Gasteiger partial charge in [-0.3, -0.25) is 4.79 Å². The Morgan fingerprint density at radius 3 is 2.70 bits per heavy atom. The first-order chi connectivity index (χ1) is 9.71. The van der Waals surface area contributed by atoms with Gasteiger partial charge in [-0.15, -0.1) is 0 Å². The topological polar surface area (TPSA) is 50.4 Å². The third kappa shape index (κ3) is 3.31. The first-order valence-corrected chi connectivity index (χ1v) is 7.37. The molecule has 0 unspecified atom stereocenters. The zero-order chi connectivity index (χ0) is 14.4. The van der Waals surface area contributed by atoms with Gasteiger partial charge in [-0.25, -0.2) is 0 Å². The third-order valence-electron chi connectivity index (χ3n) is 4.01. The molecule has 4 heteroatoms. The minimum absolute atomic E-state index is 0.0347. The highest BCUT2D eigenvalue weighted by Crippen LogP contribution is 2.34. The molecule has 1 saturated carbocycles. The monoisotopic (exact) mass is 276 g/mol. The van der Waals surface area contributed by atoms with Crippen molar-refractivity contribution in [1.29, 1.82) is 0 Å². The number of para-hydroxylation sites is 1. The molecule has 0 atom stereocenters. The number of amides is 1. The van der Waals surface area contributed by atoms with E-state index in [1.54, 1.807) is 7.11 Å². The molecule has 2 rings (SSSR count). The van der Waals surface area contributed by atoms with Crippen LogP contribution in [-0.2, 0) is 4.74 Å². The van der Waals surface area contributed by atoms with Gasteiger partial charge >= 0.3 is 0 Å². The van der Waals surface area contributed by atoms with Crippen molar-refractivity contribution in [2.24, 2.45) is 0 Å². The number of carbonyl (C=O) groups is 1. The fourth-order valence-electron chi connectivity index (χ4n) is 2.46. The summed E-state index contributed by atoms with van der Waals surface area (Å²) in [5.74, 6) is -0.0347. The van der Waals surface area contributed by atoms with Crippen molar-refractivity contribution in [3.05, 3.63) is 29.8 Å². The Labute approximate surface area is 120 Å². The predicted molar refractivity (Wildman–Crippen MR) is 81.1 cm³/mol. The van der Waals surface area contributed by atoms with E-state index in [-0.39, 0.29) is 11.5 Å². The Kier molecular flexibility index (Phi) is 5.01. The number of nitrogens with one attached hydrogen (secondary N) is 2. The molecule has 0 radical (unpaired) electrons. The molecule has 2 N–H and O–H groups in total. The van der Waals surface area contributed by atoms with Crippen LogP contribution in [0, 0.1) is 0 Å². The summed E-state index contributed by atoms with van der Waals surface area (Å²) in [5, 5.41) is 6.30. The molecule has 1 aliphatic carbocycles. The number of ether oxygens (including phenoxy) is 1. The van der Waals surface area contributed by atoms with Gasteiger partial charge in [-0.2, -0.15) is 0 Å². The lowest BCUT2D eigenvalue weighted by atomic mass is 9.80. The molecule has 1 aliphatic rings.